The first kappa shape index (κ1) is 26.1. The van der Waals surface area contributed by atoms with Crippen molar-refractivity contribution in [3.8, 4) is 16.9 Å². The van der Waals surface area contributed by atoms with Gasteiger partial charge in [-0.2, -0.15) is 13.2 Å². The van der Waals surface area contributed by atoms with Crippen LogP contribution >= 0.6 is 0 Å². The molecule has 3 amide bonds. The van der Waals surface area contributed by atoms with E-state index in [9.17, 15) is 36.3 Å². The third-order valence-electron chi connectivity index (χ3n) is 6.53. The van der Waals surface area contributed by atoms with E-state index in [-0.39, 0.29) is 42.2 Å². The molecule has 1 atom stereocenters. The summed E-state index contributed by atoms with van der Waals surface area (Å²) in [7, 11) is 0. The second-order valence-electron chi connectivity index (χ2n) is 9.08. The summed E-state index contributed by atoms with van der Waals surface area (Å²) in [6.45, 7) is -0.611. The fourth-order valence-electron chi connectivity index (χ4n) is 4.58. The summed E-state index contributed by atoms with van der Waals surface area (Å²) in [4.78, 5) is 41.8. The largest absolute Gasteiger partial charge is 0.484 e. The number of anilines is 1. The van der Waals surface area contributed by atoms with Gasteiger partial charge in [-0.25, -0.2) is 8.78 Å². The molecule has 1 unspecified atom stereocenters. The quantitative estimate of drug-likeness (QED) is 0.495. The van der Waals surface area contributed by atoms with Crippen LogP contribution in [-0.4, -0.2) is 59.8 Å². The molecule has 3 aromatic carbocycles. The van der Waals surface area contributed by atoms with E-state index in [1.165, 1.54) is 40.1 Å². The van der Waals surface area contributed by atoms with Gasteiger partial charge in [-0.05, 0) is 35.4 Å². The molecule has 12 heteroatoms. The Balaban J connectivity index is 1.33. The predicted octanol–water partition coefficient (Wildman–Crippen LogP) is 4.33. The summed E-state index contributed by atoms with van der Waals surface area (Å²) in [6, 6.07) is 10.6. The van der Waals surface area contributed by atoms with Crippen molar-refractivity contribution in [3.63, 3.8) is 0 Å². The molecule has 1 N–H and O–H groups in total. The van der Waals surface area contributed by atoms with Crippen molar-refractivity contribution in [1.29, 1.82) is 0 Å². The number of hydrogen-bond acceptors (Lipinski definition) is 4. The van der Waals surface area contributed by atoms with Gasteiger partial charge in [0.2, 0.25) is 5.91 Å². The Hall–Kier alpha value is -4.48. The standard InChI is InChI=1S/C27H20F5N3O4/c28-18-10-19(29)12-20(11-18)39-14-24(36)34-6-7-35-23(13-34)25(37)33-22-5-4-16(9-21(22)26(35)38)15-2-1-3-17(8-15)27(30,31)32/h1-5,8-12,23H,6-7,13-14H2,(H,33,37). The highest BCUT2D eigenvalue weighted by Gasteiger charge is 2.40. The third-order valence-corrected chi connectivity index (χ3v) is 6.53. The Bertz CT molecular complexity index is 1460. The maximum atomic E-state index is 13.4. The number of fused-ring (bicyclic) bond motifs is 2. The van der Waals surface area contributed by atoms with E-state index in [2.05, 4.69) is 5.32 Å². The number of carbonyl (C=O) groups excluding carboxylic acids is 3. The fraction of sp³-hybridized carbons (Fsp3) is 0.222. The van der Waals surface area contributed by atoms with E-state index in [0.29, 0.717) is 11.6 Å². The zero-order chi connectivity index (χ0) is 27.9. The molecule has 1 fully saturated rings. The van der Waals surface area contributed by atoms with E-state index in [4.69, 9.17) is 4.74 Å². The van der Waals surface area contributed by atoms with Crippen LogP contribution < -0.4 is 10.1 Å². The summed E-state index contributed by atoms with van der Waals surface area (Å²) in [6.07, 6.45) is -4.53. The van der Waals surface area contributed by atoms with Gasteiger partial charge in [0.15, 0.2) is 6.61 Å². The van der Waals surface area contributed by atoms with Gasteiger partial charge in [0.25, 0.3) is 11.8 Å². The molecule has 2 aliphatic heterocycles. The monoisotopic (exact) mass is 545 g/mol. The van der Waals surface area contributed by atoms with Crippen molar-refractivity contribution in [3.05, 3.63) is 83.4 Å². The SMILES string of the molecule is O=C1Nc2ccc(-c3cccc(C(F)(F)F)c3)cc2C(=O)N2CCN(C(=O)COc3cc(F)cc(F)c3)CC12. The zero-order valence-electron chi connectivity index (χ0n) is 20.1. The Morgan fingerprint density at radius 3 is 2.38 bits per heavy atom. The van der Waals surface area contributed by atoms with E-state index in [0.717, 1.165) is 24.3 Å². The zero-order valence-corrected chi connectivity index (χ0v) is 20.1. The van der Waals surface area contributed by atoms with E-state index in [1.807, 2.05) is 0 Å². The summed E-state index contributed by atoms with van der Waals surface area (Å²) in [5.74, 6) is -3.51. The van der Waals surface area contributed by atoms with Crippen LogP contribution in [0.25, 0.3) is 11.1 Å². The Kier molecular flexibility index (Phi) is 6.71. The highest BCUT2D eigenvalue weighted by atomic mass is 19.4. The van der Waals surface area contributed by atoms with Crippen LogP contribution in [0.1, 0.15) is 15.9 Å². The van der Waals surface area contributed by atoms with E-state index >= 15 is 0 Å². The number of halogens is 5. The molecule has 2 heterocycles. The number of piperazine rings is 1. The van der Waals surface area contributed by atoms with E-state index in [1.54, 1.807) is 0 Å². The summed E-state index contributed by atoms with van der Waals surface area (Å²) >= 11 is 0. The number of rotatable bonds is 4. The minimum absolute atomic E-state index is 0.00444. The first-order chi connectivity index (χ1) is 18.5. The molecular weight excluding hydrogens is 525 g/mol. The van der Waals surface area contributed by atoms with Crippen LogP contribution in [0.15, 0.2) is 60.7 Å². The maximum Gasteiger partial charge on any atom is 0.416 e. The van der Waals surface area contributed by atoms with Gasteiger partial charge in [0.05, 0.1) is 23.4 Å². The molecule has 7 nitrogen and oxygen atoms in total. The second kappa shape index (κ2) is 10.0. The van der Waals surface area contributed by atoms with Crippen molar-refractivity contribution in [2.24, 2.45) is 0 Å². The smallest absolute Gasteiger partial charge is 0.416 e. The minimum atomic E-state index is -4.53. The molecule has 202 valence electrons. The van der Waals surface area contributed by atoms with Gasteiger partial charge in [-0.3, -0.25) is 14.4 Å². The number of hydrogen-bond donors (Lipinski definition) is 1. The molecule has 0 bridgehead atoms. The second-order valence-corrected chi connectivity index (χ2v) is 9.08. The lowest BCUT2D eigenvalue weighted by Gasteiger charge is -2.39. The minimum Gasteiger partial charge on any atom is -0.484 e. The van der Waals surface area contributed by atoms with Crippen LogP contribution in [0.5, 0.6) is 5.75 Å². The Morgan fingerprint density at radius 1 is 0.949 bits per heavy atom. The van der Waals surface area contributed by atoms with Crippen LogP contribution in [-0.2, 0) is 15.8 Å². The lowest BCUT2D eigenvalue weighted by molar-refractivity contribution is -0.138. The number of alkyl halides is 3. The van der Waals surface area contributed by atoms with Gasteiger partial charge in [0.1, 0.15) is 23.4 Å². The van der Waals surface area contributed by atoms with E-state index < -0.39 is 53.7 Å². The predicted molar refractivity (Wildman–Crippen MR) is 129 cm³/mol. The molecule has 3 aromatic rings. The third kappa shape index (κ3) is 5.40. The van der Waals surface area contributed by atoms with Gasteiger partial charge >= 0.3 is 6.18 Å². The molecule has 0 radical (unpaired) electrons. The number of ether oxygens (including phenoxy) is 1. The number of amides is 3. The van der Waals surface area contributed by atoms with Crippen LogP contribution in [0.4, 0.5) is 27.6 Å². The molecule has 0 aromatic heterocycles. The van der Waals surface area contributed by atoms with Crippen molar-refractivity contribution < 1.29 is 41.1 Å². The average molecular weight is 545 g/mol. The summed E-state index contributed by atoms with van der Waals surface area (Å²) < 4.78 is 71.5. The molecule has 39 heavy (non-hydrogen) atoms. The Labute approximate surface area is 218 Å². The van der Waals surface area contributed by atoms with Gasteiger partial charge in [-0.15, -0.1) is 0 Å². The van der Waals surface area contributed by atoms with Crippen molar-refractivity contribution in [2.45, 2.75) is 12.2 Å². The van der Waals surface area contributed by atoms with Gasteiger partial charge in [-0.1, -0.05) is 18.2 Å². The number of nitrogens with one attached hydrogen (secondary N) is 1. The highest BCUT2D eigenvalue weighted by molar-refractivity contribution is 6.10. The van der Waals surface area contributed by atoms with Gasteiger partial charge < -0.3 is 19.9 Å². The van der Waals surface area contributed by atoms with Crippen LogP contribution in [0, 0.1) is 11.6 Å². The van der Waals surface area contributed by atoms with Crippen molar-refractivity contribution in [2.75, 3.05) is 31.6 Å². The first-order valence-electron chi connectivity index (χ1n) is 11.8. The van der Waals surface area contributed by atoms with Crippen molar-refractivity contribution in [1.82, 2.24) is 9.80 Å². The molecule has 2 aliphatic rings. The van der Waals surface area contributed by atoms with Crippen molar-refractivity contribution >= 4 is 23.4 Å². The molecule has 0 saturated carbocycles. The van der Waals surface area contributed by atoms with Gasteiger partial charge in [0, 0.05) is 31.3 Å². The maximum absolute atomic E-state index is 13.4. The normalized spacial score (nSPS) is 17.2. The van der Waals surface area contributed by atoms with Crippen LogP contribution in [0.2, 0.25) is 0 Å². The number of benzene rings is 3. The molecule has 0 aliphatic carbocycles. The highest BCUT2D eigenvalue weighted by Crippen LogP contribution is 2.34. The summed E-state index contributed by atoms with van der Waals surface area (Å²) in [5, 5.41) is 2.66. The average Bonchev–Trinajstić information content (AvgIpc) is 3.00. The molecule has 5 rings (SSSR count). The Morgan fingerprint density at radius 2 is 1.67 bits per heavy atom. The molecule has 0 spiro atoms. The van der Waals surface area contributed by atoms with Crippen LogP contribution in [0.3, 0.4) is 0 Å². The summed E-state index contributed by atoms with van der Waals surface area (Å²) in [5.41, 5.74) is 0.0881. The lowest BCUT2D eigenvalue weighted by Crippen LogP contribution is -2.60. The fourth-order valence-corrected chi connectivity index (χ4v) is 4.58. The first-order valence-corrected chi connectivity index (χ1v) is 11.8. The molecule has 1 saturated heterocycles. The topological polar surface area (TPSA) is 79.0 Å². The number of carbonyl (C=O) groups is 3. The number of nitrogens with zero attached hydrogens (tertiary/aromatic N) is 2. The lowest BCUT2D eigenvalue weighted by atomic mass is 9.99. The molecular formula is C27H20F5N3O4.